The number of hydrogen-bond acceptors (Lipinski definition) is 4. The van der Waals surface area contributed by atoms with Gasteiger partial charge < -0.3 is 19.9 Å². The quantitative estimate of drug-likeness (QED) is 0.820. The molecule has 0 heterocycles. The highest BCUT2D eigenvalue weighted by molar-refractivity contribution is 5.74. The number of rotatable bonds is 7. The number of carbonyl (C=O) groups excluding carboxylic acids is 1. The van der Waals surface area contributed by atoms with Gasteiger partial charge in [0.05, 0.1) is 6.54 Å². The number of carbonyl (C=O) groups is 2. The number of nitrogens with one attached hydrogen (secondary N) is 1. The molecule has 6 heteroatoms. The van der Waals surface area contributed by atoms with Crippen LogP contribution in [0.25, 0.3) is 0 Å². The second-order valence-electron chi connectivity index (χ2n) is 4.70. The minimum absolute atomic E-state index is 0.115. The maximum Gasteiger partial charge on any atom is 0.407 e. The average Bonchev–Trinajstić information content (AvgIpc) is 2.58. The molecule has 2 aromatic rings. The monoisotopic (exact) mass is 315 g/mol. The molecule has 0 unspecified atom stereocenters. The molecule has 0 saturated heterocycles. The van der Waals surface area contributed by atoms with Crippen molar-refractivity contribution in [2.24, 2.45) is 0 Å². The van der Waals surface area contributed by atoms with Crippen LogP contribution < -0.4 is 10.1 Å². The molecule has 1 amide bonds. The number of para-hydroxylation sites is 1. The van der Waals surface area contributed by atoms with E-state index in [0.29, 0.717) is 5.75 Å². The summed E-state index contributed by atoms with van der Waals surface area (Å²) in [5.74, 6) is -0.753. The standard InChI is InChI=1S/C17H17NO5/c19-16(20)15(23-14-9-5-2-6-10-14)11-18-17(21)22-12-13-7-3-1-4-8-13/h1-10,15H,11-12H2,(H,18,21)(H,19,20)/t15-/m1/s1. The number of benzene rings is 2. The van der Waals surface area contributed by atoms with E-state index in [4.69, 9.17) is 14.6 Å². The van der Waals surface area contributed by atoms with Crippen LogP contribution in [0.2, 0.25) is 0 Å². The lowest BCUT2D eigenvalue weighted by molar-refractivity contribution is -0.144. The van der Waals surface area contributed by atoms with E-state index in [1.165, 1.54) is 0 Å². The number of carboxylic acids is 1. The Morgan fingerprint density at radius 3 is 2.22 bits per heavy atom. The summed E-state index contributed by atoms with van der Waals surface area (Å²) in [4.78, 5) is 22.8. The van der Waals surface area contributed by atoms with E-state index in [9.17, 15) is 9.59 Å². The van der Waals surface area contributed by atoms with Gasteiger partial charge in [-0.15, -0.1) is 0 Å². The Bertz CT molecular complexity index is 630. The molecule has 6 nitrogen and oxygen atoms in total. The van der Waals surface area contributed by atoms with Crippen molar-refractivity contribution in [3.63, 3.8) is 0 Å². The molecule has 2 aromatic carbocycles. The first-order valence-electron chi connectivity index (χ1n) is 7.04. The third kappa shape index (κ3) is 5.70. The zero-order valence-corrected chi connectivity index (χ0v) is 12.3. The lowest BCUT2D eigenvalue weighted by Gasteiger charge is -2.15. The summed E-state index contributed by atoms with van der Waals surface area (Å²) >= 11 is 0. The van der Waals surface area contributed by atoms with Crippen molar-refractivity contribution < 1.29 is 24.2 Å². The molecule has 2 rings (SSSR count). The van der Waals surface area contributed by atoms with Crippen LogP contribution in [0, 0.1) is 0 Å². The molecule has 0 aromatic heterocycles. The van der Waals surface area contributed by atoms with Crippen LogP contribution >= 0.6 is 0 Å². The zero-order chi connectivity index (χ0) is 16.5. The van der Waals surface area contributed by atoms with Crippen LogP contribution in [0.4, 0.5) is 4.79 Å². The Morgan fingerprint density at radius 1 is 1.00 bits per heavy atom. The fourth-order valence-corrected chi connectivity index (χ4v) is 1.79. The van der Waals surface area contributed by atoms with Crippen LogP contribution in [-0.2, 0) is 16.1 Å². The smallest absolute Gasteiger partial charge is 0.407 e. The number of ether oxygens (including phenoxy) is 2. The highest BCUT2D eigenvalue weighted by Crippen LogP contribution is 2.10. The van der Waals surface area contributed by atoms with Crippen molar-refractivity contribution in [3.8, 4) is 5.75 Å². The van der Waals surface area contributed by atoms with Crippen molar-refractivity contribution in [2.45, 2.75) is 12.7 Å². The molecule has 0 spiro atoms. The first-order valence-corrected chi connectivity index (χ1v) is 7.04. The first-order chi connectivity index (χ1) is 11.1. The summed E-state index contributed by atoms with van der Waals surface area (Å²) in [5.41, 5.74) is 0.845. The molecule has 120 valence electrons. The van der Waals surface area contributed by atoms with Crippen molar-refractivity contribution in [1.29, 1.82) is 0 Å². The van der Waals surface area contributed by atoms with Crippen LogP contribution in [0.3, 0.4) is 0 Å². The number of carboxylic acid groups (broad SMARTS) is 1. The summed E-state index contributed by atoms with van der Waals surface area (Å²) in [6, 6.07) is 17.7. The van der Waals surface area contributed by atoms with E-state index < -0.39 is 18.2 Å². The fourth-order valence-electron chi connectivity index (χ4n) is 1.79. The highest BCUT2D eigenvalue weighted by atomic mass is 16.6. The molecular formula is C17H17NO5. The van der Waals surface area contributed by atoms with Gasteiger partial charge in [0.15, 0.2) is 0 Å². The van der Waals surface area contributed by atoms with Gasteiger partial charge in [-0.25, -0.2) is 9.59 Å². The van der Waals surface area contributed by atoms with Gasteiger partial charge in [0.25, 0.3) is 0 Å². The number of amides is 1. The number of alkyl carbamates (subject to hydrolysis) is 1. The summed E-state index contributed by atoms with van der Waals surface area (Å²) in [6.45, 7) is -0.0815. The fraction of sp³-hybridized carbons (Fsp3) is 0.176. The van der Waals surface area contributed by atoms with Gasteiger partial charge in [0.2, 0.25) is 6.10 Å². The molecule has 0 saturated carbocycles. The van der Waals surface area contributed by atoms with E-state index in [-0.39, 0.29) is 13.2 Å². The van der Waals surface area contributed by atoms with Crippen LogP contribution in [0.15, 0.2) is 60.7 Å². The first kappa shape index (κ1) is 16.4. The van der Waals surface area contributed by atoms with E-state index >= 15 is 0 Å². The predicted octanol–water partition coefficient (Wildman–Crippen LogP) is 2.45. The second-order valence-corrected chi connectivity index (χ2v) is 4.70. The SMILES string of the molecule is O=C(NC[C@@H](Oc1ccccc1)C(=O)O)OCc1ccccc1. The summed E-state index contributed by atoms with van der Waals surface area (Å²) in [6.07, 6.45) is -1.89. The van der Waals surface area contributed by atoms with Crippen LogP contribution in [0.5, 0.6) is 5.75 Å². The van der Waals surface area contributed by atoms with Gasteiger partial charge in [-0.05, 0) is 17.7 Å². The minimum Gasteiger partial charge on any atom is -0.478 e. The maximum absolute atomic E-state index is 11.6. The van der Waals surface area contributed by atoms with Crippen molar-refractivity contribution >= 4 is 12.1 Å². The number of hydrogen-bond donors (Lipinski definition) is 2. The van der Waals surface area contributed by atoms with Gasteiger partial charge in [0, 0.05) is 0 Å². The van der Waals surface area contributed by atoms with E-state index in [2.05, 4.69) is 5.32 Å². The third-order valence-electron chi connectivity index (χ3n) is 2.94. The summed E-state index contributed by atoms with van der Waals surface area (Å²) in [5, 5.41) is 11.5. The summed E-state index contributed by atoms with van der Waals surface area (Å²) in [7, 11) is 0. The zero-order valence-electron chi connectivity index (χ0n) is 12.3. The van der Waals surface area contributed by atoms with Crippen molar-refractivity contribution in [3.05, 3.63) is 66.2 Å². The van der Waals surface area contributed by atoms with Crippen LogP contribution in [-0.4, -0.2) is 29.8 Å². The summed E-state index contributed by atoms with van der Waals surface area (Å²) < 4.78 is 10.3. The largest absolute Gasteiger partial charge is 0.478 e. The van der Waals surface area contributed by atoms with Gasteiger partial charge in [-0.2, -0.15) is 0 Å². The number of aliphatic carboxylic acids is 1. The van der Waals surface area contributed by atoms with E-state index in [1.54, 1.807) is 30.3 Å². The van der Waals surface area contributed by atoms with Gasteiger partial charge in [-0.1, -0.05) is 48.5 Å². The topological polar surface area (TPSA) is 84.9 Å². The molecule has 2 N–H and O–H groups in total. The van der Waals surface area contributed by atoms with Gasteiger partial charge in [-0.3, -0.25) is 0 Å². The van der Waals surface area contributed by atoms with E-state index in [1.807, 2.05) is 30.3 Å². The lowest BCUT2D eigenvalue weighted by atomic mass is 10.2. The lowest BCUT2D eigenvalue weighted by Crippen LogP contribution is -2.40. The van der Waals surface area contributed by atoms with Crippen molar-refractivity contribution in [2.75, 3.05) is 6.54 Å². The Balaban J connectivity index is 1.79. The maximum atomic E-state index is 11.6. The van der Waals surface area contributed by atoms with E-state index in [0.717, 1.165) is 5.56 Å². The molecule has 0 aliphatic rings. The average molecular weight is 315 g/mol. The Morgan fingerprint density at radius 2 is 1.61 bits per heavy atom. The minimum atomic E-state index is -1.19. The molecule has 0 radical (unpaired) electrons. The Labute approximate surface area is 133 Å². The van der Waals surface area contributed by atoms with Crippen molar-refractivity contribution in [1.82, 2.24) is 5.32 Å². The predicted molar refractivity (Wildman–Crippen MR) is 83.1 cm³/mol. The molecule has 0 aliphatic carbocycles. The molecule has 1 atom stereocenters. The molecule has 0 fully saturated rings. The Hall–Kier alpha value is -3.02. The molecule has 0 bridgehead atoms. The normalized spacial score (nSPS) is 11.3. The van der Waals surface area contributed by atoms with Gasteiger partial charge >= 0.3 is 12.1 Å². The molecule has 23 heavy (non-hydrogen) atoms. The van der Waals surface area contributed by atoms with Gasteiger partial charge in [0.1, 0.15) is 12.4 Å². The van der Waals surface area contributed by atoms with Crippen LogP contribution in [0.1, 0.15) is 5.56 Å². The second kappa shape index (κ2) is 8.43. The third-order valence-corrected chi connectivity index (χ3v) is 2.94. The molecular weight excluding hydrogens is 298 g/mol. The highest BCUT2D eigenvalue weighted by Gasteiger charge is 2.20. The Kier molecular flexibility index (Phi) is 5.99. The molecule has 0 aliphatic heterocycles.